The van der Waals surface area contributed by atoms with Crippen LogP contribution in [0.1, 0.15) is 33.1 Å². The van der Waals surface area contributed by atoms with Crippen LogP contribution in [0.4, 0.5) is 0 Å². The Bertz CT molecular complexity index is 309. The Morgan fingerprint density at radius 2 is 2.00 bits per heavy atom. The summed E-state index contributed by atoms with van der Waals surface area (Å²) in [6.07, 6.45) is 3.54. The number of nitrogens with one attached hydrogen (secondary N) is 1. The number of aliphatic hydroxyl groups is 1. The van der Waals surface area contributed by atoms with Gasteiger partial charge < -0.3 is 15.3 Å². The van der Waals surface area contributed by atoms with E-state index < -0.39 is 5.60 Å². The van der Waals surface area contributed by atoms with Crippen molar-refractivity contribution in [2.24, 2.45) is 11.8 Å². The van der Waals surface area contributed by atoms with Crippen LogP contribution in [0.25, 0.3) is 0 Å². The lowest BCUT2D eigenvalue weighted by Gasteiger charge is -2.28. The molecule has 4 nitrogen and oxygen atoms in total. The Morgan fingerprint density at radius 1 is 1.35 bits per heavy atom. The topological polar surface area (TPSA) is 52.6 Å². The molecular formula is C13H24N2O2. The summed E-state index contributed by atoms with van der Waals surface area (Å²) in [5.41, 5.74) is -1.27. The zero-order chi connectivity index (χ0) is 12.8. The molecule has 98 valence electrons. The van der Waals surface area contributed by atoms with E-state index in [1.54, 1.807) is 13.8 Å². The highest BCUT2D eigenvalue weighted by molar-refractivity contribution is 5.84. The molecule has 0 radical (unpaired) electrons. The van der Waals surface area contributed by atoms with Crippen molar-refractivity contribution in [3.05, 3.63) is 0 Å². The molecule has 2 fully saturated rings. The first-order chi connectivity index (χ1) is 7.80. The summed E-state index contributed by atoms with van der Waals surface area (Å²) >= 11 is 0. The normalized spacial score (nSPS) is 36.6. The first kappa shape index (κ1) is 12.8. The minimum Gasteiger partial charge on any atom is -0.381 e. The molecule has 2 saturated carbocycles. The summed E-state index contributed by atoms with van der Waals surface area (Å²) in [5.74, 6) is 1.02. The molecule has 2 N–H and O–H groups in total. The summed E-state index contributed by atoms with van der Waals surface area (Å²) in [6.45, 7) is 3.08. The average Bonchev–Trinajstić information content (AvgIpc) is 2.72. The third kappa shape index (κ3) is 2.33. The molecule has 0 spiro atoms. The Kier molecular flexibility index (Phi) is 3.21. The fourth-order valence-corrected chi connectivity index (χ4v) is 3.61. The summed E-state index contributed by atoms with van der Waals surface area (Å²) in [6, 6.07) is 0.849. The second-order valence-corrected chi connectivity index (χ2v) is 6.33. The van der Waals surface area contributed by atoms with E-state index in [4.69, 9.17) is 0 Å². The molecule has 0 aliphatic heterocycles. The van der Waals surface area contributed by atoms with Crippen LogP contribution < -0.4 is 5.32 Å². The lowest BCUT2D eigenvalue weighted by molar-refractivity contribution is -0.137. The first-order valence-corrected chi connectivity index (χ1v) is 6.50. The van der Waals surface area contributed by atoms with E-state index in [1.807, 2.05) is 0 Å². The van der Waals surface area contributed by atoms with Crippen molar-refractivity contribution >= 4 is 5.91 Å². The standard InChI is InChI=1S/C13H24N2O2/c1-13(2,17)12(16)14-10-7-8-5-6-9(10)11(8)15(3)4/h8-11,17H,5-7H2,1-4H3,(H,14,16). The highest BCUT2D eigenvalue weighted by Gasteiger charge is 2.49. The molecule has 2 aliphatic rings. The summed E-state index contributed by atoms with van der Waals surface area (Å²) in [7, 11) is 4.24. The molecule has 0 aromatic rings. The lowest BCUT2D eigenvalue weighted by Crippen LogP contribution is -2.49. The van der Waals surface area contributed by atoms with E-state index in [9.17, 15) is 9.90 Å². The van der Waals surface area contributed by atoms with Gasteiger partial charge in [0.1, 0.15) is 5.60 Å². The van der Waals surface area contributed by atoms with Crippen molar-refractivity contribution in [2.45, 2.75) is 50.8 Å². The molecule has 0 aromatic carbocycles. The molecule has 4 atom stereocenters. The van der Waals surface area contributed by atoms with Gasteiger partial charge in [0, 0.05) is 12.1 Å². The maximum absolute atomic E-state index is 11.8. The van der Waals surface area contributed by atoms with Crippen LogP contribution >= 0.6 is 0 Å². The number of hydrogen-bond acceptors (Lipinski definition) is 3. The predicted octanol–water partition coefficient (Wildman–Crippen LogP) is 0.602. The minimum atomic E-state index is -1.27. The van der Waals surface area contributed by atoms with Crippen LogP contribution in [0.2, 0.25) is 0 Å². The van der Waals surface area contributed by atoms with Gasteiger partial charge in [0.25, 0.3) is 5.91 Å². The number of carbonyl (C=O) groups excluding carboxylic acids is 1. The minimum absolute atomic E-state index is 0.243. The quantitative estimate of drug-likeness (QED) is 0.759. The Morgan fingerprint density at radius 3 is 2.47 bits per heavy atom. The van der Waals surface area contributed by atoms with Crippen LogP contribution in [0, 0.1) is 11.8 Å². The number of hydrogen-bond donors (Lipinski definition) is 2. The second-order valence-electron chi connectivity index (χ2n) is 6.33. The van der Waals surface area contributed by atoms with Crippen LogP contribution in [0.5, 0.6) is 0 Å². The van der Waals surface area contributed by atoms with Crippen molar-refractivity contribution in [1.82, 2.24) is 10.2 Å². The van der Waals surface area contributed by atoms with E-state index in [0.717, 1.165) is 6.42 Å². The van der Waals surface area contributed by atoms with Gasteiger partial charge in [-0.05, 0) is 59.0 Å². The monoisotopic (exact) mass is 240 g/mol. The zero-order valence-electron chi connectivity index (χ0n) is 11.2. The summed E-state index contributed by atoms with van der Waals surface area (Å²) in [4.78, 5) is 14.1. The lowest BCUT2D eigenvalue weighted by atomic mass is 9.94. The predicted molar refractivity (Wildman–Crippen MR) is 66.5 cm³/mol. The fourth-order valence-electron chi connectivity index (χ4n) is 3.61. The van der Waals surface area contributed by atoms with Gasteiger partial charge in [-0.25, -0.2) is 0 Å². The molecular weight excluding hydrogens is 216 g/mol. The first-order valence-electron chi connectivity index (χ1n) is 6.50. The molecule has 1 amide bonds. The van der Waals surface area contributed by atoms with Gasteiger partial charge in [0.2, 0.25) is 0 Å². The van der Waals surface area contributed by atoms with Crippen molar-refractivity contribution in [3.8, 4) is 0 Å². The zero-order valence-corrected chi connectivity index (χ0v) is 11.2. The highest BCUT2D eigenvalue weighted by Crippen LogP contribution is 2.46. The SMILES string of the molecule is CN(C)C1C2CCC1C(NC(=O)C(C)(C)O)C2. The molecule has 2 rings (SSSR count). The summed E-state index contributed by atoms with van der Waals surface area (Å²) < 4.78 is 0. The number of rotatable bonds is 3. The van der Waals surface area contributed by atoms with Gasteiger partial charge in [-0.3, -0.25) is 4.79 Å². The molecule has 0 heterocycles. The van der Waals surface area contributed by atoms with Gasteiger partial charge in [0.05, 0.1) is 0 Å². The van der Waals surface area contributed by atoms with Crippen molar-refractivity contribution in [2.75, 3.05) is 14.1 Å². The summed E-state index contributed by atoms with van der Waals surface area (Å²) in [5, 5.41) is 12.7. The van der Waals surface area contributed by atoms with Gasteiger partial charge in [-0.1, -0.05) is 0 Å². The smallest absolute Gasteiger partial charge is 0.251 e. The molecule has 0 aromatic heterocycles. The van der Waals surface area contributed by atoms with Crippen LogP contribution in [0.3, 0.4) is 0 Å². The molecule has 2 bridgehead atoms. The third-order valence-corrected chi connectivity index (χ3v) is 4.33. The number of carbonyl (C=O) groups is 1. The van der Waals surface area contributed by atoms with E-state index in [1.165, 1.54) is 12.8 Å². The second kappa shape index (κ2) is 4.25. The average molecular weight is 240 g/mol. The molecule has 2 aliphatic carbocycles. The fraction of sp³-hybridized carbons (Fsp3) is 0.923. The Labute approximate surface area is 103 Å². The Balaban J connectivity index is 2.00. The van der Waals surface area contributed by atoms with Crippen LogP contribution in [0.15, 0.2) is 0 Å². The van der Waals surface area contributed by atoms with Gasteiger partial charge in [0.15, 0.2) is 0 Å². The molecule has 0 saturated heterocycles. The van der Waals surface area contributed by atoms with Gasteiger partial charge in [-0.2, -0.15) is 0 Å². The number of fused-ring (bicyclic) bond motifs is 2. The van der Waals surface area contributed by atoms with E-state index >= 15 is 0 Å². The molecule has 17 heavy (non-hydrogen) atoms. The maximum atomic E-state index is 11.8. The van der Waals surface area contributed by atoms with Crippen molar-refractivity contribution < 1.29 is 9.90 Å². The highest BCUT2D eigenvalue weighted by atomic mass is 16.3. The van der Waals surface area contributed by atoms with Gasteiger partial charge >= 0.3 is 0 Å². The van der Waals surface area contributed by atoms with Crippen LogP contribution in [-0.4, -0.2) is 47.7 Å². The van der Waals surface area contributed by atoms with E-state index in [0.29, 0.717) is 17.9 Å². The third-order valence-electron chi connectivity index (χ3n) is 4.33. The largest absolute Gasteiger partial charge is 0.381 e. The van der Waals surface area contributed by atoms with E-state index in [2.05, 4.69) is 24.3 Å². The number of nitrogens with zero attached hydrogens (tertiary/aromatic N) is 1. The number of amides is 1. The Hall–Kier alpha value is -0.610. The van der Waals surface area contributed by atoms with Crippen molar-refractivity contribution in [3.63, 3.8) is 0 Å². The van der Waals surface area contributed by atoms with Crippen molar-refractivity contribution in [1.29, 1.82) is 0 Å². The van der Waals surface area contributed by atoms with E-state index in [-0.39, 0.29) is 11.9 Å². The van der Waals surface area contributed by atoms with Crippen LogP contribution in [-0.2, 0) is 4.79 Å². The molecule has 4 unspecified atom stereocenters. The maximum Gasteiger partial charge on any atom is 0.251 e. The molecule has 4 heteroatoms. The van der Waals surface area contributed by atoms with Gasteiger partial charge in [-0.15, -0.1) is 0 Å².